The molecule has 1 unspecified atom stereocenters. The highest BCUT2D eigenvalue weighted by Crippen LogP contribution is 2.39. The minimum atomic E-state index is 0.457. The van der Waals surface area contributed by atoms with Crippen molar-refractivity contribution in [1.82, 2.24) is 9.97 Å². The lowest BCUT2D eigenvalue weighted by molar-refractivity contribution is 0.738. The van der Waals surface area contributed by atoms with Crippen LogP contribution in [0.2, 0.25) is 0 Å². The third-order valence-corrected chi connectivity index (χ3v) is 9.80. The van der Waals surface area contributed by atoms with Crippen molar-refractivity contribution in [2.75, 3.05) is 0 Å². The molecule has 2 nitrogen and oxygen atoms in total. The summed E-state index contributed by atoms with van der Waals surface area (Å²) >= 11 is 0. The summed E-state index contributed by atoms with van der Waals surface area (Å²) in [5.41, 5.74) is 9.81. The Balaban J connectivity index is 1.13. The van der Waals surface area contributed by atoms with E-state index in [1.807, 2.05) is 6.07 Å². The van der Waals surface area contributed by atoms with Gasteiger partial charge < -0.3 is 0 Å². The van der Waals surface area contributed by atoms with Gasteiger partial charge in [-0.25, -0.2) is 9.97 Å². The molecule has 0 saturated heterocycles. The Labute approximate surface area is 286 Å². The van der Waals surface area contributed by atoms with E-state index >= 15 is 0 Å². The average molecular weight is 627 g/mol. The molecule has 1 aliphatic rings. The highest BCUT2D eigenvalue weighted by molar-refractivity contribution is 6.25. The van der Waals surface area contributed by atoms with Crippen LogP contribution in [0.1, 0.15) is 19.2 Å². The Morgan fingerprint density at radius 1 is 0.449 bits per heavy atom. The number of rotatable bonds is 5. The van der Waals surface area contributed by atoms with Crippen molar-refractivity contribution in [2.45, 2.75) is 13.3 Å². The number of fused-ring (bicyclic) bond motifs is 6. The molecule has 0 radical (unpaired) electrons. The molecule has 0 saturated carbocycles. The molecular formula is C47H34N2. The van der Waals surface area contributed by atoms with Gasteiger partial charge in [0, 0.05) is 16.7 Å². The van der Waals surface area contributed by atoms with Crippen molar-refractivity contribution in [2.24, 2.45) is 5.92 Å². The van der Waals surface area contributed by atoms with Crippen LogP contribution in [-0.2, 0) is 0 Å². The second kappa shape index (κ2) is 12.2. The van der Waals surface area contributed by atoms with Crippen LogP contribution in [-0.4, -0.2) is 9.97 Å². The summed E-state index contributed by atoms with van der Waals surface area (Å²) < 4.78 is 0. The molecule has 1 aromatic heterocycles. The molecular weight excluding hydrogens is 593 g/mol. The molecule has 8 aromatic rings. The predicted molar refractivity (Wildman–Crippen MR) is 207 cm³/mol. The summed E-state index contributed by atoms with van der Waals surface area (Å²) in [6.07, 6.45) is 7.72. The van der Waals surface area contributed by atoms with Gasteiger partial charge in [-0.3, -0.25) is 0 Å². The number of hydrogen-bond donors (Lipinski definition) is 0. The van der Waals surface area contributed by atoms with Gasteiger partial charge in [0.15, 0.2) is 5.82 Å². The van der Waals surface area contributed by atoms with Crippen molar-refractivity contribution in [3.05, 3.63) is 176 Å². The molecule has 7 aromatic carbocycles. The van der Waals surface area contributed by atoms with Gasteiger partial charge in [0.2, 0.25) is 0 Å². The number of benzene rings is 7. The van der Waals surface area contributed by atoms with E-state index in [0.717, 1.165) is 51.5 Å². The Bertz CT molecular complexity index is 2540. The predicted octanol–water partition coefficient (Wildman–Crippen LogP) is 12.6. The molecule has 9 rings (SSSR count). The van der Waals surface area contributed by atoms with Crippen molar-refractivity contribution in [3.8, 4) is 44.8 Å². The summed E-state index contributed by atoms with van der Waals surface area (Å²) in [7, 11) is 0. The molecule has 0 bridgehead atoms. The Kier molecular flexibility index (Phi) is 7.21. The zero-order valence-electron chi connectivity index (χ0n) is 27.3. The monoisotopic (exact) mass is 626 g/mol. The fraction of sp³-hybridized carbons (Fsp3) is 0.0638. The molecule has 232 valence electrons. The minimum Gasteiger partial charge on any atom is -0.228 e. The molecule has 0 amide bonds. The standard InChI is InChI=1S/C47H34N2/c1-31-12-11-15-36(28-31)47-48-45(34-13-3-2-4-14-34)30-46(49-47)43-21-10-5-16-37(43)33-24-22-32(23-25-33)35-26-27-42-40-19-7-6-17-38(40)39-18-8-9-20-41(39)44(42)29-35/h2-11,13-31H,12H2,1H3. The third-order valence-electron chi connectivity index (χ3n) is 9.80. The van der Waals surface area contributed by atoms with Crippen molar-refractivity contribution >= 4 is 37.9 Å². The van der Waals surface area contributed by atoms with Gasteiger partial charge in [-0.15, -0.1) is 0 Å². The van der Waals surface area contributed by atoms with Gasteiger partial charge in [0.1, 0.15) is 0 Å². The lowest BCUT2D eigenvalue weighted by Gasteiger charge is -2.16. The van der Waals surface area contributed by atoms with Crippen molar-refractivity contribution < 1.29 is 0 Å². The molecule has 1 atom stereocenters. The molecule has 0 fully saturated rings. The SMILES string of the molecule is CC1C=C(c2nc(-c3ccccc3)cc(-c3ccccc3-c3ccc(-c4ccc5c6ccccc6c6ccccc6c5c4)cc3)n2)C=CC1. The van der Waals surface area contributed by atoms with Gasteiger partial charge >= 0.3 is 0 Å². The largest absolute Gasteiger partial charge is 0.228 e. The second-order valence-electron chi connectivity index (χ2n) is 13.0. The fourth-order valence-electron chi connectivity index (χ4n) is 7.35. The van der Waals surface area contributed by atoms with E-state index in [4.69, 9.17) is 9.97 Å². The third kappa shape index (κ3) is 5.32. The maximum atomic E-state index is 5.18. The summed E-state index contributed by atoms with van der Waals surface area (Å²) in [4.78, 5) is 10.2. The van der Waals surface area contributed by atoms with Crippen LogP contribution in [0.15, 0.2) is 170 Å². The van der Waals surface area contributed by atoms with Gasteiger partial charge in [-0.2, -0.15) is 0 Å². The van der Waals surface area contributed by atoms with Gasteiger partial charge in [-0.1, -0.05) is 165 Å². The number of allylic oxidation sites excluding steroid dienone is 4. The second-order valence-corrected chi connectivity index (χ2v) is 13.0. The van der Waals surface area contributed by atoms with E-state index in [0.29, 0.717) is 5.92 Å². The van der Waals surface area contributed by atoms with E-state index in [1.54, 1.807) is 0 Å². The molecule has 0 N–H and O–H groups in total. The maximum absolute atomic E-state index is 5.18. The summed E-state index contributed by atoms with van der Waals surface area (Å²) in [6, 6.07) is 54.5. The number of hydrogen-bond acceptors (Lipinski definition) is 2. The molecule has 1 aliphatic carbocycles. The molecule has 0 spiro atoms. The van der Waals surface area contributed by atoms with Crippen LogP contribution >= 0.6 is 0 Å². The Hall–Kier alpha value is -6.12. The fourth-order valence-corrected chi connectivity index (χ4v) is 7.35. The first-order valence-electron chi connectivity index (χ1n) is 17.1. The molecule has 49 heavy (non-hydrogen) atoms. The summed E-state index contributed by atoms with van der Waals surface area (Å²) in [6.45, 7) is 2.24. The van der Waals surface area contributed by atoms with Crippen LogP contribution in [0, 0.1) is 5.92 Å². The average Bonchev–Trinajstić information content (AvgIpc) is 3.18. The Morgan fingerprint density at radius 3 is 1.69 bits per heavy atom. The van der Waals surface area contributed by atoms with Crippen LogP contribution < -0.4 is 0 Å². The number of nitrogens with zero attached hydrogens (tertiary/aromatic N) is 2. The van der Waals surface area contributed by atoms with Gasteiger partial charge in [0.25, 0.3) is 0 Å². The minimum absolute atomic E-state index is 0.457. The first-order valence-corrected chi connectivity index (χ1v) is 17.1. The zero-order valence-corrected chi connectivity index (χ0v) is 27.3. The van der Waals surface area contributed by atoms with Gasteiger partial charge in [0.05, 0.1) is 11.4 Å². The summed E-state index contributed by atoms with van der Waals surface area (Å²) in [5, 5.41) is 7.75. The van der Waals surface area contributed by atoms with Crippen LogP contribution in [0.4, 0.5) is 0 Å². The summed E-state index contributed by atoms with van der Waals surface area (Å²) in [5.74, 6) is 1.22. The first-order chi connectivity index (χ1) is 24.2. The zero-order chi connectivity index (χ0) is 32.7. The van der Waals surface area contributed by atoms with Crippen molar-refractivity contribution in [1.29, 1.82) is 0 Å². The smallest absolute Gasteiger partial charge is 0.160 e. The topological polar surface area (TPSA) is 25.8 Å². The lowest BCUT2D eigenvalue weighted by atomic mass is 9.91. The molecule has 2 heteroatoms. The quantitative estimate of drug-likeness (QED) is 0.178. The van der Waals surface area contributed by atoms with E-state index in [9.17, 15) is 0 Å². The van der Waals surface area contributed by atoms with Gasteiger partial charge in [-0.05, 0) is 79.0 Å². The van der Waals surface area contributed by atoms with Crippen LogP contribution in [0.5, 0.6) is 0 Å². The van der Waals surface area contributed by atoms with Crippen LogP contribution in [0.3, 0.4) is 0 Å². The Morgan fingerprint density at radius 2 is 1.00 bits per heavy atom. The van der Waals surface area contributed by atoms with E-state index in [2.05, 4.69) is 171 Å². The van der Waals surface area contributed by atoms with E-state index in [-0.39, 0.29) is 0 Å². The van der Waals surface area contributed by atoms with E-state index < -0.39 is 0 Å². The molecule has 1 heterocycles. The molecule has 0 aliphatic heterocycles. The normalized spacial score (nSPS) is 14.4. The van der Waals surface area contributed by atoms with Crippen molar-refractivity contribution in [3.63, 3.8) is 0 Å². The van der Waals surface area contributed by atoms with Crippen LogP contribution in [0.25, 0.3) is 82.7 Å². The van der Waals surface area contributed by atoms with E-state index in [1.165, 1.54) is 43.4 Å². The highest BCUT2D eigenvalue weighted by atomic mass is 14.9. The first kappa shape index (κ1) is 29.1. The lowest BCUT2D eigenvalue weighted by Crippen LogP contribution is -2.02. The highest BCUT2D eigenvalue weighted by Gasteiger charge is 2.16. The maximum Gasteiger partial charge on any atom is 0.160 e. The number of aromatic nitrogens is 2.